The van der Waals surface area contributed by atoms with Gasteiger partial charge in [0.15, 0.2) is 5.82 Å². The highest BCUT2D eigenvalue weighted by atomic mass is 16.5. The fourth-order valence-electron chi connectivity index (χ4n) is 2.50. The molecule has 0 spiro atoms. The van der Waals surface area contributed by atoms with Gasteiger partial charge in [-0.3, -0.25) is 4.79 Å². The number of hydrogen-bond donors (Lipinski definition) is 2. The van der Waals surface area contributed by atoms with Crippen molar-refractivity contribution in [3.8, 4) is 11.5 Å². The Morgan fingerprint density at radius 2 is 2.17 bits per heavy atom. The van der Waals surface area contributed by atoms with E-state index in [1.165, 1.54) is 0 Å². The maximum absolute atomic E-state index is 12.3. The normalized spacial score (nSPS) is 22.5. The standard InChI is InChI=1S/C16H20N4O3/c1-10(18-15(21)13-11(2)22-9-8-17-13)14-19-16(23-20-14)12-6-4-3-5-7-12/h3-7,10-11,13,17H,8-9H2,1-2H3,(H,18,21)/t10?,11-,13+/m1/s1. The van der Waals surface area contributed by atoms with Gasteiger partial charge in [0.25, 0.3) is 5.89 Å². The van der Waals surface area contributed by atoms with Crippen LogP contribution in [-0.4, -0.2) is 41.3 Å². The first-order chi connectivity index (χ1) is 11.1. The fourth-order valence-corrected chi connectivity index (χ4v) is 2.50. The minimum atomic E-state index is -0.369. The highest BCUT2D eigenvalue weighted by molar-refractivity contribution is 5.82. The van der Waals surface area contributed by atoms with Crippen molar-refractivity contribution in [3.05, 3.63) is 36.2 Å². The van der Waals surface area contributed by atoms with Crippen LogP contribution in [0.5, 0.6) is 0 Å². The summed E-state index contributed by atoms with van der Waals surface area (Å²) in [4.78, 5) is 16.7. The van der Waals surface area contributed by atoms with Crippen LogP contribution in [0.25, 0.3) is 11.5 Å². The molecule has 2 aromatic rings. The lowest BCUT2D eigenvalue weighted by Gasteiger charge is -2.29. The number of hydrogen-bond acceptors (Lipinski definition) is 6. The zero-order valence-electron chi connectivity index (χ0n) is 13.2. The largest absolute Gasteiger partial charge is 0.375 e. The molecule has 3 atom stereocenters. The average molecular weight is 316 g/mol. The van der Waals surface area contributed by atoms with Crippen LogP contribution in [0.3, 0.4) is 0 Å². The number of ether oxygens (including phenoxy) is 1. The summed E-state index contributed by atoms with van der Waals surface area (Å²) in [6.45, 7) is 4.98. The number of rotatable bonds is 4. The van der Waals surface area contributed by atoms with Crippen LogP contribution in [0.2, 0.25) is 0 Å². The lowest BCUT2D eigenvalue weighted by atomic mass is 10.1. The summed E-state index contributed by atoms with van der Waals surface area (Å²) in [5.74, 6) is 0.756. The van der Waals surface area contributed by atoms with Gasteiger partial charge in [-0.05, 0) is 26.0 Å². The zero-order chi connectivity index (χ0) is 16.2. The van der Waals surface area contributed by atoms with Crippen LogP contribution in [-0.2, 0) is 9.53 Å². The van der Waals surface area contributed by atoms with Gasteiger partial charge < -0.3 is 19.9 Å². The highest BCUT2D eigenvalue weighted by Gasteiger charge is 2.30. The molecule has 0 aliphatic carbocycles. The Morgan fingerprint density at radius 3 is 2.91 bits per heavy atom. The topological polar surface area (TPSA) is 89.3 Å². The minimum Gasteiger partial charge on any atom is -0.375 e. The Morgan fingerprint density at radius 1 is 1.39 bits per heavy atom. The van der Waals surface area contributed by atoms with E-state index < -0.39 is 0 Å². The molecule has 1 unspecified atom stereocenters. The van der Waals surface area contributed by atoms with Gasteiger partial charge in [-0.2, -0.15) is 4.98 Å². The third kappa shape index (κ3) is 3.57. The van der Waals surface area contributed by atoms with Crippen LogP contribution >= 0.6 is 0 Å². The third-order valence-corrected chi connectivity index (χ3v) is 3.81. The van der Waals surface area contributed by atoms with Gasteiger partial charge in [0.2, 0.25) is 5.91 Å². The molecule has 7 nitrogen and oxygen atoms in total. The summed E-state index contributed by atoms with van der Waals surface area (Å²) in [5, 5.41) is 10.0. The van der Waals surface area contributed by atoms with E-state index in [1.807, 2.05) is 44.2 Å². The van der Waals surface area contributed by atoms with Gasteiger partial charge >= 0.3 is 0 Å². The minimum absolute atomic E-state index is 0.129. The quantitative estimate of drug-likeness (QED) is 0.883. The summed E-state index contributed by atoms with van der Waals surface area (Å²) in [6.07, 6.45) is -0.166. The van der Waals surface area contributed by atoms with Crippen molar-refractivity contribution in [2.45, 2.75) is 32.0 Å². The second kappa shape index (κ2) is 6.89. The molecule has 2 N–H and O–H groups in total. The van der Waals surface area contributed by atoms with Gasteiger partial charge in [-0.1, -0.05) is 23.4 Å². The fraction of sp³-hybridized carbons (Fsp3) is 0.438. The average Bonchev–Trinajstić information content (AvgIpc) is 3.06. The van der Waals surface area contributed by atoms with Gasteiger partial charge in [0.05, 0.1) is 18.8 Å². The monoisotopic (exact) mass is 316 g/mol. The summed E-state index contributed by atoms with van der Waals surface area (Å²) in [6, 6.07) is 8.80. The summed E-state index contributed by atoms with van der Waals surface area (Å²) >= 11 is 0. The second-order valence-electron chi connectivity index (χ2n) is 5.56. The van der Waals surface area contributed by atoms with Gasteiger partial charge in [-0.25, -0.2) is 0 Å². The van der Waals surface area contributed by atoms with E-state index in [9.17, 15) is 4.79 Å². The predicted molar refractivity (Wildman–Crippen MR) is 83.5 cm³/mol. The molecule has 2 heterocycles. The number of morpholine rings is 1. The molecule has 23 heavy (non-hydrogen) atoms. The molecule has 0 radical (unpaired) electrons. The maximum Gasteiger partial charge on any atom is 0.257 e. The Labute approximate surface area is 134 Å². The van der Waals surface area contributed by atoms with Crippen LogP contribution in [0, 0.1) is 0 Å². The highest BCUT2D eigenvalue weighted by Crippen LogP contribution is 2.19. The lowest BCUT2D eigenvalue weighted by molar-refractivity contribution is -0.129. The van der Waals surface area contributed by atoms with E-state index >= 15 is 0 Å². The zero-order valence-corrected chi connectivity index (χ0v) is 13.2. The lowest BCUT2D eigenvalue weighted by Crippen LogP contribution is -2.55. The van der Waals surface area contributed by atoms with Crippen molar-refractivity contribution >= 4 is 5.91 Å². The molecule has 1 fully saturated rings. The molecule has 1 aromatic heterocycles. The predicted octanol–water partition coefficient (Wildman–Crippen LogP) is 1.29. The molecule has 0 saturated carbocycles. The van der Waals surface area contributed by atoms with Crippen molar-refractivity contribution in [1.29, 1.82) is 0 Å². The first-order valence-corrected chi connectivity index (χ1v) is 7.69. The SMILES string of the molecule is CC(NC(=O)[C@H]1NCCO[C@@H]1C)c1noc(-c2ccccc2)n1. The molecule has 1 aliphatic heterocycles. The van der Waals surface area contributed by atoms with Gasteiger partial charge in [0, 0.05) is 12.1 Å². The van der Waals surface area contributed by atoms with Gasteiger partial charge in [0.1, 0.15) is 6.04 Å². The van der Waals surface area contributed by atoms with E-state index in [4.69, 9.17) is 9.26 Å². The molecule has 122 valence electrons. The third-order valence-electron chi connectivity index (χ3n) is 3.81. The van der Waals surface area contributed by atoms with E-state index in [2.05, 4.69) is 20.8 Å². The van der Waals surface area contributed by atoms with E-state index in [-0.39, 0.29) is 24.1 Å². The molecular formula is C16H20N4O3. The van der Waals surface area contributed by atoms with Crippen molar-refractivity contribution in [1.82, 2.24) is 20.8 Å². The number of carbonyl (C=O) groups is 1. The molecule has 1 amide bonds. The van der Waals surface area contributed by atoms with Crippen molar-refractivity contribution < 1.29 is 14.1 Å². The number of benzene rings is 1. The van der Waals surface area contributed by atoms with Crippen LogP contribution in [0.15, 0.2) is 34.9 Å². The molecular weight excluding hydrogens is 296 g/mol. The number of aromatic nitrogens is 2. The number of nitrogens with one attached hydrogen (secondary N) is 2. The number of amides is 1. The summed E-state index contributed by atoms with van der Waals surface area (Å²) in [5.41, 5.74) is 0.848. The van der Waals surface area contributed by atoms with E-state index in [0.717, 1.165) is 5.56 Å². The first kappa shape index (κ1) is 15.6. The molecule has 1 saturated heterocycles. The summed E-state index contributed by atoms with van der Waals surface area (Å²) in [7, 11) is 0. The van der Waals surface area contributed by atoms with Crippen molar-refractivity contribution in [3.63, 3.8) is 0 Å². The first-order valence-electron chi connectivity index (χ1n) is 7.69. The van der Waals surface area contributed by atoms with Crippen LogP contribution in [0.1, 0.15) is 25.7 Å². The Kier molecular flexibility index (Phi) is 4.68. The van der Waals surface area contributed by atoms with E-state index in [0.29, 0.717) is 24.9 Å². The number of carbonyl (C=O) groups excluding carboxylic acids is 1. The maximum atomic E-state index is 12.3. The van der Waals surface area contributed by atoms with E-state index in [1.54, 1.807) is 0 Å². The van der Waals surface area contributed by atoms with Gasteiger partial charge in [-0.15, -0.1) is 0 Å². The molecule has 1 aliphatic rings. The second-order valence-corrected chi connectivity index (χ2v) is 5.56. The Bertz CT molecular complexity index is 658. The van der Waals surface area contributed by atoms with Crippen molar-refractivity contribution in [2.75, 3.05) is 13.2 Å². The smallest absolute Gasteiger partial charge is 0.257 e. The van der Waals surface area contributed by atoms with Crippen LogP contribution in [0.4, 0.5) is 0 Å². The molecule has 0 bridgehead atoms. The van der Waals surface area contributed by atoms with Crippen molar-refractivity contribution in [2.24, 2.45) is 0 Å². The summed E-state index contributed by atoms with van der Waals surface area (Å²) < 4.78 is 10.8. The molecule has 1 aromatic carbocycles. The number of nitrogens with zero attached hydrogens (tertiary/aromatic N) is 2. The molecule has 7 heteroatoms. The molecule has 3 rings (SSSR count). The Balaban J connectivity index is 1.65. The van der Waals surface area contributed by atoms with Crippen LogP contribution < -0.4 is 10.6 Å². The Hall–Kier alpha value is -2.25.